The summed E-state index contributed by atoms with van der Waals surface area (Å²) < 4.78 is 30.4. The Kier molecular flexibility index (Phi) is 10.0. The minimum absolute atomic E-state index is 0.122. The van der Waals surface area contributed by atoms with Gasteiger partial charge in [-0.1, -0.05) is 31.0 Å². The predicted octanol–water partition coefficient (Wildman–Crippen LogP) is 6.43. The summed E-state index contributed by atoms with van der Waals surface area (Å²) in [7, 11) is 3.39. The molecule has 2 fully saturated rings. The summed E-state index contributed by atoms with van der Waals surface area (Å²) in [6, 6.07) is 12.1. The first-order valence-corrected chi connectivity index (χ1v) is 21.3. The van der Waals surface area contributed by atoms with Crippen molar-refractivity contribution in [3.63, 3.8) is 0 Å². The number of carbonyl (C=O) groups excluding carboxylic acids is 1. The zero-order valence-corrected chi connectivity index (χ0v) is 33.2. The molecule has 10 heteroatoms. The first-order valence-electron chi connectivity index (χ1n) is 19.1. The molecule has 7 rings (SSSR count). The standard InChI is InChI=1S/C41H59ClN4O4S/c1-28-10-8-19-41(49-6,26-45-23-39(3,24-45)44(4)5)35-15-12-32(35)22-46-25-40(18-9-11-30-20-33(42)14-16-34(30)40)27-50-37-17-13-31(21-36(37)46)38(47)43-51(7,48)29(28)2/h13-14,16-17,20-21,28-29,32,35H,7-12,15,18-19,22-27H2,1-6H3,(H,43,47,48)/t28-,29+,32-,35+,40-,41+,51?/m0/s1. The van der Waals surface area contributed by atoms with Crippen LogP contribution in [0, 0.1) is 17.8 Å². The van der Waals surface area contributed by atoms with Gasteiger partial charge in [0.05, 0.1) is 27.6 Å². The Hall–Kier alpha value is -2.30. The van der Waals surface area contributed by atoms with Gasteiger partial charge in [-0.2, -0.15) is 0 Å². The fraction of sp³-hybridized carbons (Fsp3) is 0.659. The molecule has 1 amide bonds. The lowest BCUT2D eigenvalue weighted by molar-refractivity contribution is -0.151. The summed E-state index contributed by atoms with van der Waals surface area (Å²) in [4.78, 5) is 21.3. The van der Waals surface area contributed by atoms with Crippen molar-refractivity contribution in [1.29, 1.82) is 0 Å². The van der Waals surface area contributed by atoms with Crippen molar-refractivity contribution in [1.82, 2.24) is 14.5 Å². The van der Waals surface area contributed by atoms with Crippen LogP contribution < -0.4 is 14.4 Å². The highest BCUT2D eigenvalue weighted by Crippen LogP contribution is 2.50. The Labute approximate surface area is 311 Å². The molecule has 3 aliphatic heterocycles. The molecule has 1 saturated heterocycles. The number of aryl methyl sites for hydroxylation is 1. The van der Waals surface area contributed by atoms with E-state index in [0.29, 0.717) is 24.0 Å². The Balaban J connectivity index is 1.29. The minimum atomic E-state index is -2.91. The van der Waals surface area contributed by atoms with Gasteiger partial charge >= 0.3 is 0 Å². The second-order valence-corrected chi connectivity index (χ2v) is 20.1. The topological polar surface area (TPSA) is 74.4 Å². The van der Waals surface area contributed by atoms with E-state index in [1.807, 2.05) is 38.3 Å². The highest BCUT2D eigenvalue weighted by atomic mass is 35.5. The molecule has 1 N–H and O–H groups in total. The third-order valence-electron chi connectivity index (χ3n) is 13.9. The fourth-order valence-electron chi connectivity index (χ4n) is 10.1. The van der Waals surface area contributed by atoms with Gasteiger partial charge < -0.3 is 19.3 Å². The molecule has 1 saturated carbocycles. The van der Waals surface area contributed by atoms with E-state index in [9.17, 15) is 9.00 Å². The molecule has 1 spiro atoms. The number of amides is 1. The van der Waals surface area contributed by atoms with E-state index in [-0.39, 0.29) is 33.6 Å². The normalized spacial score (nSPS) is 35.5. The van der Waals surface area contributed by atoms with Crippen LogP contribution in [0.4, 0.5) is 5.69 Å². The van der Waals surface area contributed by atoms with Crippen molar-refractivity contribution >= 4 is 38.8 Å². The van der Waals surface area contributed by atoms with E-state index >= 15 is 0 Å². The third kappa shape index (κ3) is 6.84. The minimum Gasteiger partial charge on any atom is -0.490 e. The van der Waals surface area contributed by atoms with Crippen molar-refractivity contribution in [3.8, 4) is 5.75 Å². The van der Waals surface area contributed by atoms with Crippen molar-refractivity contribution in [2.24, 2.45) is 17.8 Å². The third-order valence-corrected chi connectivity index (χ3v) is 16.3. The molecule has 280 valence electrons. The van der Waals surface area contributed by atoms with Gasteiger partial charge in [0.15, 0.2) is 0 Å². The van der Waals surface area contributed by atoms with Crippen molar-refractivity contribution < 1.29 is 18.5 Å². The number of hydrogen-bond acceptors (Lipinski definition) is 7. The molecule has 2 aromatic rings. The number of fused-ring (bicyclic) bond motifs is 4. The largest absolute Gasteiger partial charge is 0.490 e. The summed E-state index contributed by atoms with van der Waals surface area (Å²) in [6.45, 7) is 11.7. The van der Waals surface area contributed by atoms with E-state index < -0.39 is 9.71 Å². The molecule has 3 heterocycles. The Bertz CT molecular complexity index is 1740. The van der Waals surface area contributed by atoms with E-state index in [0.717, 1.165) is 101 Å². The van der Waals surface area contributed by atoms with Crippen LogP contribution in [0.1, 0.15) is 87.2 Å². The maximum Gasteiger partial charge on any atom is 0.262 e. The second-order valence-electron chi connectivity index (χ2n) is 17.3. The van der Waals surface area contributed by atoms with Gasteiger partial charge in [-0.3, -0.25) is 14.4 Å². The number of likely N-dealkylation sites (tertiary alicyclic amines) is 1. The number of nitrogens with zero attached hydrogens (tertiary/aromatic N) is 3. The van der Waals surface area contributed by atoms with Gasteiger partial charge in [0.25, 0.3) is 5.91 Å². The van der Waals surface area contributed by atoms with Gasteiger partial charge in [-0.15, -0.1) is 0 Å². The van der Waals surface area contributed by atoms with Crippen LogP contribution in [0.15, 0.2) is 36.4 Å². The number of methoxy groups -OCH3 is 1. The van der Waals surface area contributed by atoms with E-state index in [1.165, 1.54) is 11.1 Å². The number of carbonyl (C=O) groups is 1. The monoisotopic (exact) mass is 738 g/mol. The number of ether oxygens (including phenoxy) is 2. The number of rotatable bonds is 4. The average Bonchev–Trinajstić information content (AvgIpc) is 3.21. The summed E-state index contributed by atoms with van der Waals surface area (Å²) in [6.07, 6.45) is 8.21. The Morgan fingerprint density at radius 1 is 1.08 bits per heavy atom. The summed E-state index contributed by atoms with van der Waals surface area (Å²) in [5.74, 6) is 5.49. The first kappa shape index (κ1) is 37.0. The van der Waals surface area contributed by atoms with Crippen molar-refractivity contribution in [3.05, 3.63) is 58.1 Å². The first-order chi connectivity index (χ1) is 24.2. The molecular weight excluding hydrogens is 680 g/mol. The summed E-state index contributed by atoms with van der Waals surface area (Å²) in [5.41, 5.74) is 3.74. The van der Waals surface area contributed by atoms with Crippen LogP contribution in [-0.4, -0.2) is 103 Å². The molecule has 1 unspecified atom stereocenters. The number of halogens is 1. The molecule has 7 atom stereocenters. The molecule has 8 nitrogen and oxygen atoms in total. The van der Waals surface area contributed by atoms with Crippen LogP contribution in [0.3, 0.4) is 0 Å². The maximum absolute atomic E-state index is 14.0. The number of nitrogens with one attached hydrogen (secondary N) is 1. The van der Waals surface area contributed by atoms with Crippen molar-refractivity contribution in [2.45, 2.75) is 93.9 Å². The van der Waals surface area contributed by atoms with Crippen LogP contribution >= 0.6 is 11.6 Å². The van der Waals surface area contributed by atoms with E-state index in [1.54, 1.807) is 0 Å². The number of likely N-dealkylation sites (N-methyl/N-ethyl adjacent to an activating group) is 1. The highest BCUT2D eigenvalue weighted by Gasteiger charge is 2.53. The van der Waals surface area contributed by atoms with Crippen LogP contribution in [0.25, 0.3) is 0 Å². The fourth-order valence-corrected chi connectivity index (χ4v) is 11.7. The Morgan fingerprint density at radius 2 is 1.86 bits per heavy atom. The van der Waals surface area contributed by atoms with Crippen LogP contribution in [-0.2, 0) is 26.3 Å². The van der Waals surface area contributed by atoms with Gasteiger partial charge in [0.2, 0.25) is 0 Å². The highest BCUT2D eigenvalue weighted by molar-refractivity contribution is 7.99. The molecular formula is C41H59ClN4O4S. The van der Waals surface area contributed by atoms with Gasteiger partial charge in [-0.25, -0.2) is 4.21 Å². The molecule has 5 aliphatic rings. The summed E-state index contributed by atoms with van der Waals surface area (Å²) in [5, 5.41) is 0.496. The van der Waals surface area contributed by atoms with E-state index in [4.69, 9.17) is 21.1 Å². The van der Waals surface area contributed by atoms with Crippen LogP contribution in [0.2, 0.25) is 5.02 Å². The Morgan fingerprint density at radius 3 is 2.57 bits per heavy atom. The quantitative estimate of drug-likeness (QED) is 0.363. The predicted molar refractivity (Wildman–Crippen MR) is 210 cm³/mol. The second kappa shape index (κ2) is 13.8. The number of anilines is 1. The van der Waals surface area contributed by atoms with Gasteiger partial charge in [-0.05, 0) is 138 Å². The zero-order valence-electron chi connectivity index (χ0n) is 31.6. The lowest BCUT2D eigenvalue weighted by Gasteiger charge is -2.58. The number of hydrogen-bond donors (Lipinski definition) is 1. The molecule has 2 aromatic carbocycles. The molecule has 0 radical (unpaired) electrons. The molecule has 2 aliphatic carbocycles. The molecule has 0 aromatic heterocycles. The summed E-state index contributed by atoms with van der Waals surface area (Å²) >= 11 is 6.52. The lowest BCUT2D eigenvalue weighted by Crippen LogP contribution is -2.70. The number of benzene rings is 2. The van der Waals surface area contributed by atoms with Crippen LogP contribution in [0.5, 0.6) is 5.75 Å². The van der Waals surface area contributed by atoms with Gasteiger partial charge in [0, 0.05) is 66.6 Å². The smallest absolute Gasteiger partial charge is 0.262 e. The maximum atomic E-state index is 14.0. The van der Waals surface area contributed by atoms with Crippen molar-refractivity contribution in [2.75, 3.05) is 65.4 Å². The molecule has 51 heavy (non-hydrogen) atoms. The van der Waals surface area contributed by atoms with Gasteiger partial charge in [0.1, 0.15) is 5.75 Å². The zero-order chi connectivity index (χ0) is 36.3. The SMILES string of the molecule is C=S1(=O)NC(=O)c2ccc3c(c2)N(C[C@@H]2CC[C@H]2[C@@](CN2CC(C)(N(C)C)C2)(OC)CCC[C@H](C)[C@H]1C)C[C@@]1(CCCc2cc(Cl)ccc21)CO3. The lowest BCUT2D eigenvalue weighted by atomic mass is 9.62. The van der Waals surface area contributed by atoms with E-state index in [2.05, 4.69) is 65.4 Å². The molecule has 2 bridgehead atoms. The average molecular weight is 739 g/mol.